The van der Waals surface area contributed by atoms with Crippen molar-refractivity contribution in [1.82, 2.24) is 10.2 Å². The maximum atomic E-state index is 11.3. The number of nitrogens with zero attached hydrogens (tertiary/aromatic N) is 1. The van der Waals surface area contributed by atoms with E-state index < -0.39 is 18.0 Å². The number of likely N-dealkylation sites (N-methyl/N-ethyl adjacent to an activating group) is 1. The lowest BCUT2D eigenvalue weighted by Crippen LogP contribution is -2.46. The van der Waals surface area contributed by atoms with Crippen LogP contribution in [-0.4, -0.2) is 41.6 Å². The first-order valence-corrected chi connectivity index (χ1v) is 4.38. The molecule has 0 unspecified atom stereocenters. The molecule has 0 aromatic carbocycles. The molecule has 5 nitrogen and oxygen atoms in total. The number of hydrogen-bond acceptors (Lipinski definition) is 2. The van der Waals surface area contributed by atoms with E-state index in [2.05, 4.69) is 11.9 Å². The van der Waals surface area contributed by atoms with Crippen molar-refractivity contribution >= 4 is 12.0 Å². The number of carboxylic acid groups (broad SMARTS) is 1. The second kappa shape index (κ2) is 6.01. The first-order valence-electron chi connectivity index (χ1n) is 4.38. The summed E-state index contributed by atoms with van der Waals surface area (Å²) in [7, 11) is 1.57. The van der Waals surface area contributed by atoms with Crippen molar-refractivity contribution < 1.29 is 14.7 Å². The number of aliphatic carboxylic acids is 1. The molecule has 0 fully saturated rings. The Bertz CT molecular complexity index is 228. The van der Waals surface area contributed by atoms with Crippen LogP contribution in [0.2, 0.25) is 0 Å². The molecule has 0 heterocycles. The number of hydrogen-bond donors (Lipinski definition) is 2. The van der Waals surface area contributed by atoms with E-state index in [1.54, 1.807) is 20.0 Å². The minimum atomic E-state index is -1.02. The maximum absolute atomic E-state index is 11.3. The third-order valence-corrected chi connectivity index (χ3v) is 1.75. The molecule has 0 aliphatic rings. The fraction of sp³-hybridized carbons (Fsp3) is 0.556. The van der Waals surface area contributed by atoms with Gasteiger partial charge in [-0.1, -0.05) is 13.0 Å². The molecule has 0 spiro atoms. The van der Waals surface area contributed by atoms with Crippen molar-refractivity contribution in [3.05, 3.63) is 12.7 Å². The highest BCUT2D eigenvalue weighted by Crippen LogP contribution is 1.93. The molecule has 0 aromatic heterocycles. The van der Waals surface area contributed by atoms with Gasteiger partial charge in [-0.3, -0.25) is 0 Å². The van der Waals surface area contributed by atoms with Gasteiger partial charge in [-0.2, -0.15) is 0 Å². The highest BCUT2D eigenvalue weighted by molar-refractivity contribution is 5.82. The van der Waals surface area contributed by atoms with Crippen LogP contribution >= 0.6 is 0 Å². The molecular formula is C9H16N2O3. The van der Waals surface area contributed by atoms with E-state index in [4.69, 9.17) is 5.11 Å². The number of carbonyl (C=O) groups excluding carboxylic acids is 1. The molecule has 14 heavy (non-hydrogen) atoms. The normalized spacial score (nSPS) is 11.6. The second-order valence-corrected chi connectivity index (χ2v) is 2.92. The first kappa shape index (κ1) is 12.5. The summed E-state index contributed by atoms with van der Waals surface area (Å²) >= 11 is 0. The zero-order valence-electron chi connectivity index (χ0n) is 8.49. The van der Waals surface area contributed by atoms with E-state index in [9.17, 15) is 9.59 Å². The Kier molecular flexibility index (Phi) is 5.36. The summed E-state index contributed by atoms with van der Waals surface area (Å²) < 4.78 is 0. The van der Waals surface area contributed by atoms with Crippen LogP contribution in [0.4, 0.5) is 4.79 Å². The number of carboxylic acids is 1. The molecule has 5 heteroatoms. The van der Waals surface area contributed by atoms with Gasteiger partial charge in [0.1, 0.15) is 6.04 Å². The molecule has 0 rings (SSSR count). The fourth-order valence-electron chi connectivity index (χ4n) is 0.874. The highest BCUT2D eigenvalue weighted by Gasteiger charge is 2.18. The van der Waals surface area contributed by atoms with Gasteiger partial charge in [0.05, 0.1) is 0 Å². The summed E-state index contributed by atoms with van der Waals surface area (Å²) in [5.74, 6) is -1.02. The predicted octanol–water partition coefficient (Wildman–Crippen LogP) is 0.677. The molecule has 0 saturated carbocycles. The van der Waals surface area contributed by atoms with Gasteiger partial charge in [-0.15, -0.1) is 6.58 Å². The van der Waals surface area contributed by atoms with Gasteiger partial charge < -0.3 is 15.3 Å². The summed E-state index contributed by atoms with van der Waals surface area (Å²) in [5.41, 5.74) is 0. The Morgan fingerprint density at radius 3 is 2.57 bits per heavy atom. The molecule has 0 radical (unpaired) electrons. The largest absolute Gasteiger partial charge is 0.480 e. The topological polar surface area (TPSA) is 69.6 Å². The number of nitrogens with one attached hydrogen (secondary N) is 1. The standard InChI is InChI=1S/C9H16N2O3/c1-4-6-11(3)9(14)10-7(5-2)8(12)13/h4,7H,1,5-6H2,2-3H3,(H,10,14)(H,12,13)/t7-/m1/s1. The van der Waals surface area contributed by atoms with Gasteiger partial charge in [0.15, 0.2) is 0 Å². The van der Waals surface area contributed by atoms with Gasteiger partial charge in [0.2, 0.25) is 0 Å². The predicted molar refractivity (Wildman–Crippen MR) is 53.1 cm³/mol. The third kappa shape index (κ3) is 3.93. The summed E-state index contributed by atoms with van der Waals surface area (Å²) in [6, 6.07) is -1.23. The lowest BCUT2D eigenvalue weighted by Gasteiger charge is -2.19. The van der Waals surface area contributed by atoms with Crippen LogP contribution in [0.25, 0.3) is 0 Å². The molecular weight excluding hydrogens is 184 g/mol. The van der Waals surface area contributed by atoms with Crippen molar-refractivity contribution in [2.75, 3.05) is 13.6 Å². The van der Waals surface area contributed by atoms with Crippen LogP contribution < -0.4 is 5.32 Å². The zero-order valence-corrected chi connectivity index (χ0v) is 8.49. The summed E-state index contributed by atoms with van der Waals surface area (Å²) in [6.45, 7) is 5.57. The second-order valence-electron chi connectivity index (χ2n) is 2.92. The van der Waals surface area contributed by atoms with Crippen molar-refractivity contribution in [2.24, 2.45) is 0 Å². The molecule has 0 aromatic rings. The van der Waals surface area contributed by atoms with Crippen molar-refractivity contribution in [2.45, 2.75) is 19.4 Å². The molecule has 1 atom stereocenters. The lowest BCUT2D eigenvalue weighted by atomic mass is 10.2. The van der Waals surface area contributed by atoms with Crippen LogP contribution in [0, 0.1) is 0 Å². The van der Waals surface area contributed by atoms with E-state index in [1.165, 1.54) is 4.90 Å². The van der Waals surface area contributed by atoms with Crippen LogP contribution in [-0.2, 0) is 4.79 Å². The zero-order chi connectivity index (χ0) is 11.1. The lowest BCUT2D eigenvalue weighted by molar-refractivity contribution is -0.139. The van der Waals surface area contributed by atoms with Crippen LogP contribution in [0.1, 0.15) is 13.3 Å². The maximum Gasteiger partial charge on any atom is 0.326 e. The van der Waals surface area contributed by atoms with E-state index in [0.717, 1.165) is 0 Å². The Morgan fingerprint density at radius 2 is 2.21 bits per heavy atom. The monoisotopic (exact) mass is 200 g/mol. The average molecular weight is 200 g/mol. The summed E-state index contributed by atoms with van der Waals surface area (Å²) in [6.07, 6.45) is 1.93. The van der Waals surface area contributed by atoms with Gasteiger partial charge in [-0.25, -0.2) is 9.59 Å². The quantitative estimate of drug-likeness (QED) is 0.641. The number of rotatable bonds is 5. The van der Waals surface area contributed by atoms with E-state index >= 15 is 0 Å². The van der Waals surface area contributed by atoms with Crippen molar-refractivity contribution in [3.63, 3.8) is 0 Å². The molecule has 0 bridgehead atoms. The van der Waals surface area contributed by atoms with E-state index in [-0.39, 0.29) is 0 Å². The van der Waals surface area contributed by atoms with Crippen LogP contribution in [0.3, 0.4) is 0 Å². The fourth-order valence-corrected chi connectivity index (χ4v) is 0.874. The Balaban J connectivity index is 4.14. The summed E-state index contributed by atoms with van der Waals surface area (Å²) in [5, 5.41) is 11.1. The van der Waals surface area contributed by atoms with E-state index in [0.29, 0.717) is 13.0 Å². The molecule has 2 amide bonds. The molecule has 0 aliphatic heterocycles. The Labute approximate surface area is 83.4 Å². The van der Waals surface area contributed by atoms with Gasteiger partial charge >= 0.3 is 12.0 Å². The van der Waals surface area contributed by atoms with E-state index in [1.807, 2.05) is 0 Å². The van der Waals surface area contributed by atoms with Gasteiger partial charge in [0.25, 0.3) is 0 Å². The minimum absolute atomic E-state index is 0.364. The number of carbonyl (C=O) groups is 2. The SMILES string of the molecule is C=CCN(C)C(=O)N[C@H](CC)C(=O)O. The van der Waals surface area contributed by atoms with Crippen molar-refractivity contribution in [3.8, 4) is 0 Å². The Hall–Kier alpha value is -1.52. The molecule has 2 N–H and O–H groups in total. The van der Waals surface area contributed by atoms with Gasteiger partial charge in [-0.05, 0) is 6.42 Å². The summed E-state index contributed by atoms with van der Waals surface area (Å²) in [4.78, 5) is 23.3. The minimum Gasteiger partial charge on any atom is -0.480 e. The van der Waals surface area contributed by atoms with Crippen LogP contribution in [0.5, 0.6) is 0 Å². The highest BCUT2D eigenvalue weighted by atomic mass is 16.4. The van der Waals surface area contributed by atoms with Gasteiger partial charge in [0, 0.05) is 13.6 Å². The Morgan fingerprint density at radius 1 is 1.64 bits per heavy atom. The van der Waals surface area contributed by atoms with Crippen LogP contribution in [0.15, 0.2) is 12.7 Å². The smallest absolute Gasteiger partial charge is 0.326 e. The molecule has 80 valence electrons. The molecule has 0 aliphatic carbocycles. The first-order chi connectivity index (χ1) is 6.52. The average Bonchev–Trinajstić information content (AvgIpc) is 2.13. The number of amides is 2. The molecule has 0 saturated heterocycles. The number of urea groups is 1. The third-order valence-electron chi connectivity index (χ3n) is 1.75. The van der Waals surface area contributed by atoms with Crippen molar-refractivity contribution in [1.29, 1.82) is 0 Å².